The van der Waals surface area contributed by atoms with Gasteiger partial charge in [-0.3, -0.25) is 19.8 Å². The van der Waals surface area contributed by atoms with Crippen LogP contribution in [0.25, 0.3) is 6.08 Å². The smallest absolute Gasteiger partial charge is 0.329 e. The van der Waals surface area contributed by atoms with Gasteiger partial charge in [0.2, 0.25) is 0 Å². The summed E-state index contributed by atoms with van der Waals surface area (Å²) in [5.74, 6) is -1.02. The highest BCUT2D eigenvalue weighted by Gasteiger charge is 2.32. The molecule has 2 N–H and O–H groups in total. The van der Waals surface area contributed by atoms with Crippen molar-refractivity contribution < 1.29 is 19.6 Å². The Balaban J connectivity index is 2.35. The molecule has 0 radical (unpaired) electrons. The molecule has 2 rings (SSSR count). The maximum atomic E-state index is 11.9. The number of benzene rings is 1. The van der Waals surface area contributed by atoms with Crippen LogP contribution in [0.4, 0.5) is 10.5 Å². The molecule has 0 unspecified atom stereocenters. The summed E-state index contributed by atoms with van der Waals surface area (Å²) in [5, 5.41) is 22.5. The Bertz CT molecular complexity index is 680. The van der Waals surface area contributed by atoms with Crippen LogP contribution < -0.4 is 5.32 Å². The van der Waals surface area contributed by atoms with Crippen LogP contribution in [0, 0.1) is 10.1 Å². The Labute approximate surface area is 119 Å². The minimum Gasteiger partial charge on any atom is -0.502 e. The molecule has 0 aliphatic carbocycles. The van der Waals surface area contributed by atoms with Crippen molar-refractivity contribution in [1.29, 1.82) is 0 Å². The highest BCUT2D eigenvalue weighted by atomic mass is 16.6. The average molecular weight is 289 g/mol. The van der Waals surface area contributed by atoms with Crippen LogP contribution in [0.3, 0.4) is 0 Å². The third-order valence-corrected chi connectivity index (χ3v) is 2.78. The van der Waals surface area contributed by atoms with Gasteiger partial charge in [-0.15, -0.1) is 6.58 Å². The van der Waals surface area contributed by atoms with Crippen molar-refractivity contribution in [3.05, 3.63) is 52.2 Å². The van der Waals surface area contributed by atoms with E-state index in [0.717, 1.165) is 17.0 Å². The fraction of sp³-hybridized carbons (Fsp3) is 0.0769. The maximum Gasteiger partial charge on any atom is 0.329 e. The minimum atomic E-state index is -0.740. The molecule has 1 aliphatic heterocycles. The third kappa shape index (κ3) is 2.73. The van der Waals surface area contributed by atoms with Gasteiger partial charge in [-0.05, 0) is 17.7 Å². The van der Waals surface area contributed by atoms with Gasteiger partial charge in [-0.2, -0.15) is 0 Å². The SMILES string of the molecule is C=CCN1C(=O)N/C(=C/c2ccc(O)c([N+](=O)[O-])c2)C1=O. The summed E-state index contributed by atoms with van der Waals surface area (Å²) in [4.78, 5) is 34.4. The van der Waals surface area contributed by atoms with Gasteiger partial charge in [0.15, 0.2) is 5.75 Å². The van der Waals surface area contributed by atoms with Crippen LogP contribution in [0.2, 0.25) is 0 Å². The standard InChI is InChI=1S/C13H11N3O5/c1-2-5-15-12(18)9(14-13(15)19)6-8-3-4-11(17)10(7-8)16(20)21/h2-4,6-7,17H,1,5H2,(H,14,19)/b9-6+. The number of phenols is 1. The van der Waals surface area contributed by atoms with Gasteiger partial charge in [0.1, 0.15) is 5.70 Å². The molecule has 1 aromatic carbocycles. The number of carbonyl (C=O) groups excluding carboxylic acids is 2. The number of urea groups is 1. The lowest BCUT2D eigenvalue weighted by atomic mass is 10.1. The number of phenolic OH excluding ortho intramolecular Hbond substituents is 1. The number of nitro benzene ring substituents is 1. The highest BCUT2D eigenvalue weighted by Crippen LogP contribution is 2.27. The summed E-state index contributed by atoms with van der Waals surface area (Å²) in [5.41, 5.74) is -0.172. The van der Waals surface area contributed by atoms with E-state index in [1.807, 2.05) is 0 Å². The number of nitrogens with one attached hydrogen (secondary N) is 1. The number of nitro groups is 1. The number of hydrogen-bond acceptors (Lipinski definition) is 5. The lowest BCUT2D eigenvalue weighted by Crippen LogP contribution is -2.30. The fourth-order valence-corrected chi connectivity index (χ4v) is 1.81. The molecule has 8 heteroatoms. The molecule has 108 valence electrons. The van der Waals surface area contributed by atoms with Crippen LogP contribution in [-0.2, 0) is 4.79 Å². The molecule has 0 aromatic heterocycles. The van der Waals surface area contributed by atoms with E-state index in [2.05, 4.69) is 11.9 Å². The van der Waals surface area contributed by atoms with Gasteiger partial charge >= 0.3 is 11.7 Å². The predicted molar refractivity (Wildman–Crippen MR) is 73.2 cm³/mol. The molecular weight excluding hydrogens is 278 g/mol. The third-order valence-electron chi connectivity index (χ3n) is 2.78. The number of hydrogen-bond donors (Lipinski definition) is 2. The number of rotatable bonds is 4. The molecule has 21 heavy (non-hydrogen) atoms. The molecule has 0 atom stereocenters. The quantitative estimate of drug-likeness (QED) is 0.286. The molecule has 3 amide bonds. The summed E-state index contributed by atoms with van der Waals surface area (Å²) < 4.78 is 0. The van der Waals surface area contributed by atoms with Gasteiger partial charge in [-0.25, -0.2) is 4.79 Å². The van der Waals surface area contributed by atoms with Crippen molar-refractivity contribution in [2.24, 2.45) is 0 Å². The van der Waals surface area contributed by atoms with E-state index in [4.69, 9.17) is 0 Å². The largest absolute Gasteiger partial charge is 0.502 e. The van der Waals surface area contributed by atoms with Crippen molar-refractivity contribution in [1.82, 2.24) is 10.2 Å². The normalized spacial score (nSPS) is 16.2. The number of nitrogens with zero attached hydrogens (tertiary/aromatic N) is 2. The number of amides is 3. The summed E-state index contributed by atoms with van der Waals surface area (Å²) in [7, 11) is 0. The number of aromatic hydroxyl groups is 1. The molecular formula is C13H11N3O5. The summed E-state index contributed by atoms with van der Waals surface area (Å²) in [6.07, 6.45) is 2.71. The monoisotopic (exact) mass is 289 g/mol. The van der Waals surface area contributed by atoms with Crippen molar-refractivity contribution in [3.8, 4) is 5.75 Å². The molecule has 0 spiro atoms. The zero-order valence-electron chi connectivity index (χ0n) is 10.8. The minimum absolute atomic E-state index is 0.00170. The number of imide groups is 1. The van der Waals surface area contributed by atoms with E-state index in [9.17, 15) is 24.8 Å². The zero-order chi connectivity index (χ0) is 15.6. The molecule has 1 aromatic rings. The van der Waals surface area contributed by atoms with Gasteiger partial charge in [-0.1, -0.05) is 12.1 Å². The second-order valence-corrected chi connectivity index (χ2v) is 4.20. The van der Waals surface area contributed by atoms with Crippen LogP contribution in [-0.4, -0.2) is 33.4 Å². The van der Waals surface area contributed by atoms with Gasteiger partial charge < -0.3 is 10.4 Å². The first-order valence-corrected chi connectivity index (χ1v) is 5.87. The Kier molecular flexibility index (Phi) is 3.70. The predicted octanol–water partition coefficient (Wildman–Crippen LogP) is 1.38. The van der Waals surface area contributed by atoms with Crippen molar-refractivity contribution in [2.45, 2.75) is 0 Å². The topological polar surface area (TPSA) is 113 Å². The molecule has 1 heterocycles. The first-order valence-electron chi connectivity index (χ1n) is 5.87. The van der Waals surface area contributed by atoms with E-state index in [0.29, 0.717) is 5.56 Å². The van der Waals surface area contributed by atoms with Crippen LogP contribution in [0.5, 0.6) is 5.75 Å². The lowest BCUT2D eigenvalue weighted by molar-refractivity contribution is -0.385. The lowest BCUT2D eigenvalue weighted by Gasteiger charge is -2.06. The second-order valence-electron chi connectivity index (χ2n) is 4.20. The Morgan fingerprint density at radius 2 is 2.14 bits per heavy atom. The van der Waals surface area contributed by atoms with Gasteiger partial charge in [0, 0.05) is 12.6 Å². The number of carbonyl (C=O) groups is 2. The zero-order valence-corrected chi connectivity index (χ0v) is 10.8. The molecule has 1 fully saturated rings. The van der Waals surface area contributed by atoms with Crippen molar-refractivity contribution in [2.75, 3.05) is 6.54 Å². The van der Waals surface area contributed by atoms with E-state index in [-0.39, 0.29) is 12.2 Å². The van der Waals surface area contributed by atoms with Crippen LogP contribution >= 0.6 is 0 Å². The Morgan fingerprint density at radius 3 is 2.76 bits per heavy atom. The van der Waals surface area contributed by atoms with E-state index < -0.39 is 28.3 Å². The highest BCUT2D eigenvalue weighted by molar-refractivity contribution is 6.14. The summed E-state index contributed by atoms with van der Waals surface area (Å²) >= 11 is 0. The van der Waals surface area contributed by atoms with Crippen LogP contribution in [0.1, 0.15) is 5.56 Å². The summed E-state index contributed by atoms with van der Waals surface area (Å²) in [6.45, 7) is 3.51. The Morgan fingerprint density at radius 1 is 1.43 bits per heavy atom. The van der Waals surface area contributed by atoms with Crippen LogP contribution in [0.15, 0.2) is 36.6 Å². The first kappa shape index (κ1) is 14.3. The summed E-state index contributed by atoms with van der Waals surface area (Å²) in [6, 6.07) is 3.07. The van der Waals surface area contributed by atoms with E-state index >= 15 is 0 Å². The fourth-order valence-electron chi connectivity index (χ4n) is 1.81. The van der Waals surface area contributed by atoms with E-state index in [1.54, 1.807) is 0 Å². The maximum absolute atomic E-state index is 11.9. The van der Waals surface area contributed by atoms with Crippen molar-refractivity contribution in [3.63, 3.8) is 0 Å². The van der Waals surface area contributed by atoms with Gasteiger partial charge in [0.05, 0.1) is 4.92 Å². The van der Waals surface area contributed by atoms with E-state index in [1.165, 1.54) is 18.2 Å². The van der Waals surface area contributed by atoms with Crippen molar-refractivity contribution >= 4 is 23.7 Å². The Hall–Kier alpha value is -3.16. The second kappa shape index (κ2) is 5.45. The molecule has 8 nitrogen and oxygen atoms in total. The molecule has 1 aliphatic rings. The molecule has 1 saturated heterocycles. The first-order chi connectivity index (χ1) is 9.93. The molecule has 0 bridgehead atoms. The average Bonchev–Trinajstić information content (AvgIpc) is 2.69. The van der Waals surface area contributed by atoms with Gasteiger partial charge in [0.25, 0.3) is 5.91 Å². The molecule has 0 saturated carbocycles.